The minimum atomic E-state index is 0. The Kier molecular flexibility index (Phi) is 56.3. The summed E-state index contributed by atoms with van der Waals surface area (Å²) in [4.78, 5) is 0. The van der Waals surface area contributed by atoms with E-state index in [1.54, 1.807) is 0 Å². The van der Waals surface area contributed by atoms with Crippen LogP contribution in [-0.2, 0) is 0 Å². The highest BCUT2D eigenvalue weighted by molar-refractivity contribution is 5.86. The van der Waals surface area contributed by atoms with Crippen molar-refractivity contribution in [2.45, 2.75) is 19.9 Å². The summed E-state index contributed by atoms with van der Waals surface area (Å²) in [5, 5.41) is 0. The van der Waals surface area contributed by atoms with Crippen molar-refractivity contribution in [1.82, 2.24) is 0 Å². The average molecular weight is 168 g/mol. The number of hydrogen-bond acceptors (Lipinski definition) is 1. The predicted octanol–water partition coefficient (Wildman–Crippen LogP) is 1.62. The lowest BCUT2D eigenvalue weighted by Crippen LogP contribution is -2.06. The molecule has 7 heavy (non-hydrogen) atoms. The monoisotopic (exact) mass is 167 g/mol. The van der Waals surface area contributed by atoms with Crippen LogP contribution in [0.4, 0.5) is 0 Å². The zero-order valence-corrected chi connectivity index (χ0v) is 6.83. The summed E-state index contributed by atoms with van der Waals surface area (Å²) in [6.45, 7) is 3.89. The Hall–Kier alpha value is 0.830. The maximum atomic E-state index is 5.11. The summed E-state index contributed by atoms with van der Waals surface area (Å²) in [5.74, 6) is 0. The van der Waals surface area contributed by atoms with Gasteiger partial charge in [-0.25, -0.2) is 0 Å². The Balaban J connectivity index is -0.0000000150. The van der Waals surface area contributed by atoms with Crippen molar-refractivity contribution in [3.8, 4) is 0 Å². The lowest BCUT2D eigenvalue weighted by molar-refractivity contribution is 0.834. The number of nitrogens with two attached hydrogens (primary N) is 1. The number of hydrogen-bond donors (Lipinski definition) is 1. The SMILES string of the molecule is CC(C)N.Cl.Cl.Cl. The third kappa shape index (κ3) is 231. The predicted molar refractivity (Wildman–Crippen MR) is 41.1 cm³/mol. The normalized spacial score (nSPS) is 5.14. The molecule has 0 saturated carbocycles. The standard InChI is InChI=1S/C3H9N.3ClH/c1-3(2)4;;;/h3H,4H2,1-2H3;3*1H. The summed E-state index contributed by atoms with van der Waals surface area (Å²) in [6, 6.07) is 0.333. The van der Waals surface area contributed by atoms with Crippen LogP contribution in [0.3, 0.4) is 0 Å². The van der Waals surface area contributed by atoms with Crippen LogP contribution in [0.2, 0.25) is 0 Å². The molecular weight excluding hydrogens is 156 g/mol. The number of rotatable bonds is 0. The molecule has 0 aliphatic rings. The van der Waals surface area contributed by atoms with E-state index in [1.807, 2.05) is 13.8 Å². The second-order valence-electron chi connectivity index (χ2n) is 1.24. The van der Waals surface area contributed by atoms with Gasteiger partial charge in [0, 0.05) is 0 Å². The second-order valence-corrected chi connectivity index (χ2v) is 1.24. The van der Waals surface area contributed by atoms with Gasteiger partial charge in [-0.3, -0.25) is 0 Å². The van der Waals surface area contributed by atoms with E-state index in [9.17, 15) is 0 Å². The molecule has 0 rings (SSSR count). The quantitative estimate of drug-likeness (QED) is 0.584. The van der Waals surface area contributed by atoms with E-state index in [2.05, 4.69) is 0 Å². The summed E-state index contributed by atoms with van der Waals surface area (Å²) in [5.41, 5.74) is 5.11. The molecule has 0 bridgehead atoms. The Morgan fingerprint density at radius 1 is 1.00 bits per heavy atom. The highest BCUT2D eigenvalue weighted by atomic mass is 35.5. The van der Waals surface area contributed by atoms with Gasteiger partial charge in [-0.15, -0.1) is 37.2 Å². The molecular formula is C3H12Cl3N. The first-order chi connectivity index (χ1) is 1.73. The maximum Gasteiger partial charge on any atom is -0.00179 e. The van der Waals surface area contributed by atoms with Crippen molar-refractivity contribution in [2.24, 2.45) is 5.73 Å². The minimum absolute atomic E-state index is 0. The molecule has 0 aliphatic carbocycles. The van der Waals surface area contributed by atoms with E-state index < -0.39 is 0 Å². The summed E-state index contributed by atoms with van der Waals surface area (Å²) >= 11 is 0. The van der Waals surface area contributed by atoms with Crippen LogP contribution in [0.15, 0.2) is 0 Å². The topological polar surface area (TPSA) is 26.0 Å². The van der Waals surface area contributed by atoms with Crippen LogP contribution in [0.25, 0.3) is 0 Å². The average Bonchev–Trinajstić information content (AvgIpc) is 0.811. The molecule has 0 aromatic carbocycles. The Morgan fingerprint density at radius 3 is 1.00 bits per heavy atom. The zero-order chi connectivity index (χ0) is 3.58. The van der Waals surface area contributed by atoms with E-state index in [-0.39, 0.29) is 37.2 Å². The summed E-state index contributed by atoms with van der Waals surface area (Å²) in [7, 11) is 0. The van der Waals surface area contributed by atoms with Gasteiger partial charge in [-0.05, 0) is 6.04 Å². The molecule has 0 heterocycles. The highest BCUT2D eigenvalue weighted by Crippen LogP contribution is 1.58. The molecule has 0 saturated heterocycles. The molecule has 0 atom stereocenters. The molecule has 0 radical (unpaired) electrons. The van der Waals surface area contributed by atoms with Crippen LogP contribution >= 0.6 is 37.2 Å². The third-order valence-electron chi connectivity index (χ3n) is 0. The number of halogens is 3. The fourth-order valence-electron chi connectivity index (χ4n) is 0. The van der Waals surface area contributed by atoms with Crippen molar-refractivity contribution in [3.63, 3.8) is 0 Å². The molecule has 2 N–H and O–H groups in total. The van der Waals surface area contributed by atoms with Gasteiger partial charge < -0.3 is 5.73 Å². The highest BCUT2D eigenvalue weighted by Gasteiger charge is 1.67. The van der Waals surface area contributed by atoms with Crippen molar-refractivity contribution in [2.75, 3.05) is 0 Å². The van der Waals surface area contributed by atoms with Crippen LogP contribution in [0.5, 0.6) is 0 Å². The first-order valence-electron chi connectivity index (χ1n) is 1.49. The molecule has 0 fully saturated rings. The van der Waals surface area contributed by atoms with E-state index >= 15 is 0 Å². The first-order valence-corrected chi connectivity index (χ1v) is 1.49. The van der Waals surface area contributed by atoms with Gasteiger partial charge in [0.1, 0.15) is 0 Å². The van der Waals surface area contributed by atoms with Crippen LogP contribution in [-0.4, -0.2) is 6.04 Å². The zero-order valence-electron chi connectivity index (χ0n) is 4.38. The largest absolute Gasteiger partial charge is 0.328 e. The van der Waals surface area contributed by atoms with Gasteiger partial charge in [-0.2, -0.15) is 0 Å². The van der Waals surface area contributed by atoms with Gasteiger partial charge in [-0.1, -0.05) is 13.8 Å². The summed E-state index contributed by atoms with van der Waals surface area (Å²) < 4.78 is 0. The molecule has 50 valence electrons. The van der Waals surface area contributed by atoms with E-state index in [4.69, 9.17) is 5.73 Å². The lowest BCUT2D eigenvalue weighted by atomic mass is 10.5. The lowest BCUT2D eigenvalue weighted by Gasteiger charge is -1.81. The Bertz CT molecular complexity index is 14.9. The molecule has 0 aromatic rings. The Morgan fingerprint density at radius 2 is 1.00 bits per heavy atom. The van der Waals surface area contributed by atoms with Gasteiger partial charge in [0.05, 0.1) is 0 Å². The van der Waals surface area contributed by atoms with Gasteiger partial charge >= 0.3 is 0 Å². The minimum Gasteiger partial charge on any atom is -0.328 e. The fraction of sp³-hybridized carbons (Fsp3) is 1.00. The molecule has 4 heteroatoms. The van der Waals surface area contributed by atoms with Gasteiger partial charge in [0.15, 0.2) is 0 Å². The van der Waals surface area contributed by atoms with E-state index in [0.29, 0.717) is 6.04 Å². The van der Waals surface area contributed by atoms with Crippen molar-refractivity contribution >= 4 is 37.2 Å². The van der Waals surface area contributed by atoms with Crippen LogP contribution in [0, 0.1) is 0 Å². The molecule has 0 amide bonds. The third-order valence-corrected chi connectivity index (χ3v) is 0. The first kappa shape index (κ1) is 24.9. The summed E-state index contributed by atoms with van der Waals surface area (Å²) in [6.07, 6.45) is 0. The van der Waals surface area contributed by atoms with Crippen LogP contribution in [0.1, 0.15) is 13.8 Å². The van der Waals surface area contributed by atoms with Gasteiger partial charge in [0.25, 0.3) is 0 Å². The van der Waals surface area contributed by atoms with Crippen molar-refractivity contribution in [3.05, 3.63) is 0 Å². The molecule has 1 nitrogen and oxygen atoms in total. The molecule has 0 unspecified atom stereocenters. The van der Waals surface area contributed by atoms with Crippen molar-refractivity contribution in [1.29, 1.82) is 0 Å². The second kappa shape index (κ2) is 15.8. The molecule has 0 aromatic heterocycles. The van der Waals surface area contributed by atoms with Gasteiger partial charge in [0.2, 0.25) is 0 Å². The fourth-order valence-corrected chi connectivity index (χ4v) is 0. The Labute approximate surface area is 63.3 Å². The van der Waals surface area contributed by atoms with E-state index in [0.717, 1.165) is 0 Å². The maximum absolute atomic E-state index is 5.11. The smallest absolute Gasteiger partial charge is 0.00179 e. The molecule has 0 spiro atoms. The molecule has 0 aliphatic heterocycles. The van der Waals surface area contributed by atoms with Crippen molar-refractivity contribution < 1.29 is 0 Å². The van der Waals surface area contributed by atoms with E-state index in [1.165, 1.54) is 0 Å². The van der Waals surface area contributed by atoms with Crippen LogP contribution < -0.4 is 5.73 Å².